The number of ether oxygens (including phenoxy) is 2. The van der Waals surface area contributed by atoms with Gasteiger partial charge in [-0.2, -0.15) is 20.4 Å². The zero-order chi connectivity index (χ0) is 22.8. The van der Waals surface area contributed by atoms with Crippen molar-refractivity contribution in [3.63, 3.8) is 0 Å². The Bertz CT molecular complexity index is 1220. The van der Waals surface area contributed by atoms with E-state index in [1.807, 2.05) is 37.4 Å². The number of benzene rings is 2. The second kappa shape index (κ2) is 8.34. The summed E-state index contributed by atoms with van der Waals surface area (Å²) in [6.07, 6.45) is 1.86. The summed E-state index contributed by atoms with van der Waals surface area (Å²) in [6, 6.07) is 17.6. The number of hydrogen-bond donors (Lipinski definition) is 0. The van der Waals surface area contributed by atoms with Crippen molar-refractivity contribution >= 4 is 17.0 Å². The van der Waals surface area contributed by atoms with Crippen LogP contribution in [0.1, 0.15) is 36.5 Å². The predicted molar refractivity (Wildman–Crippen MR) is 117 cm³/mol. The van der Waals surface area contributed by atoms with Crippen molar-refractivity contribution < 1.29 is 14.0 Å². The lowest BCUT2D eigenvalue weighted by atomic mass is 9.80. The molecule has 0 aliphatic carbocycles. The summed E-state index contributed by atoms with van der Waals surface area (Å²) in [7, 11) is 4.95. The van der Waals surface area contributed by atoms with Crippen molar-refractivity contribution in [1.29, 1.82) is 15.8 Å². The number of fused-ring (bicyclic) bond motifs is 1. The van der Waals surface area contributed by atoms with Crippen molar-refractivity contribution in [3.8, 4) is 29.7 Å². The summed E-state index contributed by atoms with van der Waals surface area (Å²) in [6.45, 7) is 4.25. The molecule has 2 aromatic rings. The number of allylic oxidation sites excluding steroid dienone is 2. The highest BCUT2D eigenvalue weighted by atomic mass is 16.5. The number of nitrogens with zero attached hydrogens (tertiary/aromatic N) is 4. The first-order valence-electron chi connectivity index (χ1n) is 9.72. The molecule has 0 amide bonds. The van der Waals surface area contributed by atoms with Crippen LogP contribution in [0.15, 0.2) is 42.5 Å². The van der Waals surface area contributed by atoms with Crippen LogP contribution in [0.4, 0.5) is 5.69 Å². The van der Waals surface area contributed by atoms with Gasteiger partial charge in [0.25, 0.3) is 0 Å². The molecule has 0 bridgehead atoms. The van der Waals surface area contributed by atoms with Crippen LogP contribution in [0.5, 0.6) is 11.5 Å². The number of para-hydroxylation sites is 1. The second-order valence-corrected chi connectivity index (χ2v) is 7.74. The van der Waals surface area contributed by atoms with Gasteiger partial charge >= 0.3 is 0 Å². The molecule has 1 aliphatic rings. The fraction of sp³-hybridized carbons (Fsp3) is 0.280. The highest BCUT2D eigenvalue weighted by Crippen LogP contribution is 2.41. The van der Waals surface area contributed by atoms with Crippen LogP contribution < -0.4 is 9.47 Å². The molecule has 0 spiro atoms. The standard InChI is InChI=1S/C25H23N4O2/c1-25(2)20-8-6-7-9-21(20)29(3)24(25)10-16(13-26)18-11-23(31-5)19(12-22(18)30-4)17(14-27)15-28/h6-12,17H,1-5H3/q+1/b16-10+. The summed E-state index contributed by atoms with van der Waals surface area (Å²) in [5, 5.41) is 28.6. The molecule has 1 aliphatic heterocycles. The molecule has 2 aromatic carbocycles. The molecule has 0 atom stereocenters. The second-order valence-electron chi connectivity index (χ2n) is 7.74. The molecule has 31 heavy (non-hydrogen) atoms. The summed E-state index contributed by atoms with van der Waals surface area (Å²) in [4.78, 5) is 0. The SMILES string of the molecule is COc1cc(C(C#N)C#N)c(OC)cc1/C(C#N)=C/C1=[N+](C)c2ccccc2C1(C)C. The highest BCUT2D eigenvalue weighted by Gasteiger charge is 2.43. The number of nitriles is 3. The Morgan fingerprint density at radius 2 is 1.68 bits per heavy atom. The van der Waals surface area contributed by atoms with Crippen LogP contribution in [0.3, 0.4) is 0 Å². The summed E-state index contributed by atoms with van der Waals surface area (Å²) in [5.41, 5.74) is 4.31. The van der Waals surface area contributed by atoms with Crippen molar-refractivity contribution in [2.45, 2.75) is 25.2 Å². The Hall–Kier alpha value is -4.08. The third kappa shape index (κ3) is 3.52. The molecule has 0 saturated carbocycles. The summed E-state index contributed by atoms with van der Waals surface area (Å²) in [5.74, 6) is -0.246. The minimum absolute atomic E-state index is 0.294. The molecular formula is C25H23N4O2+. The lowest BCUT2D eigenvalue weighted by molar-refractivity contribution is -0.401. The lowest BCUT2D eigenvalue weighted by Gasteiger charge is -2.17. The Morgan fingerprint density at radius 1 is 1.03 bits per heavy atom. The third-order valence-corrected chi connectivity index (χ3v) is 5.75. The summed E-state index contributed by atoms with van der Waals surface area (Å²) >= 11 is 0. The third-order valence-electron chi connectivity index (χ3n) is 5.75. The molecule has 0 unspecified atom stereocenters. The van der Waals surface area contributed by atoms with Crippen molar-refractivity contribution in [2.24, 2.45) is 0 Å². The fourth-order valence-corrected chi connectivity index (χ4v) is 4.09. The molecule has 3 rings (SSSR count). The van der Waals surface area contributed by atoms with Crippen molar-refractivity contribution in [3.05, 3.63) is 59.2 Å². The molecule has 0 N–H and O–H groups in total. The van der Waals surface area contributed by atoms with Gasteiger partial charge in [0.2, 0.25) is 5.69 Å². The number of hydrogen-bond acceptors (Lipinski definition) is 5. The van der Waals surface area contributed by atoms with Crippen molar-refractivity contribution in [1.82, 2.24) is 0 Å². The first-order valence-corrected chi connectivity index (χ1v) is 9.72. The molecule has 154 valence electrons. The molecular weight excluding hydrogens is 388 g/mol. The van der Waals surface area contributed by atoms with E-state index in [4.69, 9.17) is 9.47 Å². The molecule has 0 saturated heterocycles. The average molecular weight is 411 g/mol. The Morgan fingerprint density at radius 3 is 2.23 bits per heavy atom. The Balaban J connectivity index is 2.22. The average Bonchev–Trinajstić information content (AvgIpc) is 2.98. The topological polar surface area (TPSA) is 92.8 Å². The number of rotatable bonds is 5. The fourth-order valence-electron chi connectivity index (χ4n) is 4.09. The van der Waals surface area contributed by atoms with Gasteiger partial charge in [0.05, 0.1) is 37.3 Å². The first kappa shape index (κ1) is 21.6. The highest BCUT2D eigenvalue weighted by molar-refractivity contribution is 6.09. The van der Waals surface area contributed by atoms with Crippen LogP contribution in [-0.2, 0) is 5.41 Å². The van der Waals surface area contributed by atoms with Crippen LogP contribution in [0, 0.1) is 34.0 Å². The van der Waals surface area contributed by atoms with Gasteiger partial charge in [0.15, 0.2) is 11.6 Å². The van der Waals surface area contributed by atoms with E-state index in [0.717, 1.165) is 11.4 Å². The predicted octanol–water partition coefficient (Wildman–Crippen LogP) is 4.45. The van der Waals surface area contributed by atoms with Gasteiger partial charge in [-0.05, 0) is 26.0 Å². The van der Waals surface area contributed by atoms with Crippen LogP contribution in [-0.4, -0.2) is 31.6 Å². The quantitative estimate of drug-likeness (QED) is 0.535. The van der Waals surface area contributed by atoms with Gasteiger partial charge in [-0.15, -0.1) is 0 Å². The molecule has 0 aromatic heterocycles. The van der Waals surface area contributed by atoms with Gasteiger partial charge in [0, 0.05) is 28.8 Å². The zero-order valence-corrected chi connectivity index (χ0v) is 18.2. The van der Waals surface area contributed by atoms with E-state index in [2.05, 4.69) is 36.6 Å². The van der Waals surface area contributed by atoms with E-state index < -0.39 is 5.92 Å². The van der Waals surface area contributed by atoms with Gasteiger partial charge < -0.3 is 9.47 Å². The Labute approximate surface area is 182 Å². The summed E-state index contributed by atoms with van der Waals surface area (Å²) < 4.78 is 13.0. The molecule has 0 fully saturated rings. The number of methoxy groups -OCH3 is 2. The smallest absolute Gasteiger partial charge is 0.209 e. The van der Waals surface area contributed by atoms with Crippen LogP contribution in [0.25, 0.3) is 5.57 Å². The molecule has 0 radical (unpaired) electrons. The largest absolute Gasteiger partial charge is 0.496 e. The zero-order valence-electron chi connectivity index (χ0n) is 18.2. The van der Waals surface area contributed by atoms with Crippen molar-refractivity contribution in [2.75, 3.05) is 21.3 Å². The maximum absolute atomic E-state index is 10.0. The lowest BCUT2D eigenvalue weighted by Crippen LogP contribution is -2.27. The van der Waals surface area contributed by atoms with E-state index in [-0.39, 0.29) is 5.41 Å². The molecule has 1 heterocycles. The van der Waals surface area contributed by atoms with E-state index in [9.17, 15) is 15.8 Å². The first-order chi connectivity index (χ1) is 14.8. The molecule has 6 nitrogen and oxygen atoms in total. The Kier molecular flexibility index (Phi) is 5.82. The van der Waals surface area contributed by atoms with E-state index >= 15 is 0 Å². The normalized spacial score (nSPS) is 14.5. The van der Waals surface area contributed by atoms with Crippen LogP contribution >= 0.6 is 0 Å². The maximum atomic E-state index is 10.0. The maximum Gasteiger partial charge on any atom is 0.209 e. The van der Waals surface area contributed by atoms with Crippen LogP contribution in [0.2, 0.25) is 0 Å². The monoisotopic (exact) mass is 411 g/mol. The van der Waals surface area contributed by atoms with Gasteiger partial charge in [-0.3, -0.25) is 0 Å². The van der Waals surface area contributed by atoms with Gasteiger partial charge in [-0.25, -0.2) is 0 Å². The molecule has 6 heteroatoms. The van der Waals surface area contributed by atoms with E-state index in [0.29, 0.717) is 28.2 Å². The van der Waals surface area contributed by atoms with E-state index in [1.54, 1.807) is 12.1 Å². The minimum atomic E-state index is -1.00. The van der Waals surface area contributed by atoms with E-state index in [1.165, 1.54) is 19.8 Å². The van der Waals surface area contributed by atoms with Gasteiger partial charge in [-0.1, -0.05) is 18.2 Å². The van der Waals surface area contributed by atoms with Gasteiger partial charge in [0.1, 0.15) is 24.6 Å². The minimum Gasteiger partial charge on any atom is -0.496 e.